The molecule has 0 atom stereocenters. The molecule has 35 heavy (non-hydrogen) atoms. The third-order valence-corrected chi connectivity index (χ3v) is 6.87. The van der Waals surface area contributed by atoms with Gasteiger partial charge in [-0.05, 0) is 37.3 Å². The maximum Gasteiger partial charge on any atom is 0.417 e. The topological polar surface area (TPSA) is 42.9 Å². The number of nitrogens with zero attached hydrogens (tertiary/aromatic N) is 5. The number of aromatic nitrogens is 1. The number of hydrogen-bond donors (Lipinski definition) is 0. The van der Waals surface area contributed by atoms with Crippen molar-refractivity contribution < 1.29 is 18.0 Å². The van der Waals surface area contributed by atoms with Crippen LogP contribution in [0.3, 0.4) is 0 Å². The molecule has 0 N–H and O–H groups in total. The minimum Gasteiger partial charge on any atom is -0.371 e. The Morgan fingerprint density at radius 3 is 2.06 bits per heavy atom. The molecule has 1 aromatic carbocycles. The molecule has 188 valence electrons. The molecule has 1 aromatic heterocycles. The van der Waals surface area contributed by atoms with Crippen LogP contribution in [-0.2, 0) is 11.0 Å². The van der Waals surface area contributed by atoms with Crippen molar-refractivity contribution in [3.05, 3.63) is 63.9 Å². The van der Waals surface area contributed by atoms with Crippen LogP contribution in [0.2, 0.25) is 10.0 Å². The van der Waals surface area contributed by atoms with Crippen molar-refractivity contribution in [1.29, 1.82) is 0 Å². The molecule has 2 fully saturated rings. The standard InChI is InChI=1S/C24H26Cl2F3N5O/c1-17(31-6-8-32(9-7-31)20-4-2-19(25)3-5-20)14-22(35)33-10-12-34(13-11-33)23-21(26)15-18(16-30-23)24(27,28)29/h2-5,14-16H,6-13H2,1H3. The van der Waals surface area contributed by atoms with Crippen LogP contribution < -0.4 is 9.80 Å². The van der Waals surface area contributed by atoms with Gasteiger partial charge in [0.15, 0.2) is 0 Å². The SMILES string of the molecule is CC(=CC(=O)N1CCN(c2ncc(C(F)(F)F)cc2Cl)CC1)N1CCN(c2ccc(Cl)cc2)CC1. The number of rotatable bonds is 4. The van der Waals surface area contributed by atoms with Gasteiger partial charge in [0.05, 0.1) is 10.6 Å². The summed E-state index contributed by atoms with van der Waals surface area (Å²) in [5, 5.41) is 0.664. The van der Waals surface area contributed by atoms with E-state index < -0.39 is 11.7 Å². The van der Waals surface area contributed by atoms with Crippen molar-refractivity contribution in [3.8, 4) is 0 Å². The van der Waals surface area contributed by atoms with Crippen LogP contribution in [0.1, 0.15) is 12.5 Å². The van der Waals surface area contributed by atoms with Crippen LogP contribution in [-0.4, -0.2) is 73.0 Å². The predicted molar refractivity (Wildman–Crippen MR) is 132 cm³/mol. The second kappa shape index (κ2) is 10.5. The van der Waals surface area contributed by atoms with Crippen LogP contribution in [0.15, 0.2) is 48.3 Å². The van der Waals surface area contributed by atoms with Crippen molar-refractivity contribution in [1.82, 2.24) is 14.8 Å². The molecule has 0 radical (unpaired) electrons. The van der Waals surface area contributed by atoms with Crippen molar-refractivity contribution >= 4 is 40.6 Å². The zero-order valence-electron chi connectivity index (χ0n) is 19.2. The fourth-order valence-electron chi connectivity index (χ4n) is 4.29. The average Bonchev–Trinajstić information content (AvgIpc) is 2.84. The second-order valence-electron chi connectivity index (χ2n) is 8.58. The lowest BCUT2D eigenvalue weighted by molar-refractivity contribution is -0.137. The summed E-state index contributed by atoms with van der Waals surface area (Å²) in [6.07, 6.45) is -2.04. The summed E-state index contributed by atoms with van der Waals surface area (Å²) in [6.45, 7) is 7.01. The van der Waals surface area contributed by atoms with E-state index in [2.05, 4.69) is 14.8 Å². The van der Waals surface area contributed by atoms with E-state index in [9.17, 15) is 18.0 Å². The number of benzene rings is 1. The summed E-state index contributed by atoms with van der Waals surface area (Å²) in [6, 6.07) is 8.68. The Labute approximate surface area is 212 Å². The van der Waals surface area contributed by atoms with Crippen molar-refractivity contribution in [2.75, 3.05) is 62.2 Å². The highest BCUT2D eigenvalue weighted by Crippen LogP contribution is 2.33. The number of halogens is 5. The molecule has 2 aromatic rings. The smallest absolute Gasteiger partial charge is 0.371 e. The van der Waals surface area contributed by atoms with Gasteiger partial charge in [-0.1, -0.05) is 23.2 Å². The second-order valence-corrected chi connectivity index (χ2v) is 9.42. The van der Waals surface area contributed by atoms with E-state index in [4.69, 9.17) is 23.2 Å². The van der Waals surface area contributed by atoms with Gasteiger partial charge in [-0.15, -0.1) is 0 Å². The first-order valence-electron chi connectivity index (χ1n) is 11.3. The summed E-state index contributed by atoms with van der Waals surface area (Å²) in [5.74, 6) is 0.228. The highest BCUT2D eigenvalue weighted by Gasteiger charge is 2.32. The lowest BCUT2D eigenvalue weighted by Gasteiger charge is -2.38. The van der Waals surface area contributed by atoms with Gasteiger partial charge in [-0.2, -0.15) is 13.2 Å². The van der Waals surface area contributed by atoms with Crippen LogP contribution in [0.4, 0.5) is 24.7 Å². The minimum absolute atomic E-state index is 0.0481. The number of amides is 1. The molecular formula is C24H26Cl2F3N5O. The zero-order valence-corrected chi connectivity index (χ0v) is 20.7. The largest absolute Gasteiger partial charge is 0.417 e. The van der Waals surface area contributed by atoms with E-state index >= 15 is 0 Å². The van der Waals surface area contributed by atoms with Crippen molar-refractivity contribution in [3.63, 3.8) is 0 Å². The maximum absolute atomic E-state index is 12.9. The summed E-state index contributed by atoms with van der Waals surface area (Å²) < 4.78 is 38.6. The molecule has 3 heterocycles. The molecular weight excluding hydrogens is 502 g/mol. The number of piperazine rings is 2. The number of allylic oxidation sites excluding steroid dienone is 1. The molecule has 4 rings (SSSR count). The van der Waals surface area contributed by atoms with Gasteiger partial charge < -0.3 is 19.6 Å². The molecule has 11 heteroatoms. The third-order valence-electron chi connectivity index (χ3n) is 6.34. The molecule has 0 spiro atoms. The zero-order chi connectivity index (χ0) is 25.2. The number of anilines is 2. The highest BCUT2D eigenvalue weighted by atomic mass is 35.5. The quantitative estimate of drug-likeness (QED) is 0.535. The van der Waals surface area contributed by atoms with Crippen molar-refractivity contribution in [2.24, 2.45) is 0 Å². The lowest BCUT2D eigenvalue weighted by atomic mass is 10.2. The number of pyridine rings is 1. The Morgan fingerprint density at radius 2 is 1.49 bits per heavy atom. The fourth-order valence-corrected chi connectivity index (χ4v) is 4.70. The molecule has 0 unspecified atom stereocenters. The number of alkyl halides is 3. The van der Waals surface area contributed by atoms with Gasteiger partial charge in [0.25, 0.3) is 0 Å². The summed E-state index contributed by atoms with van der Waals surface area (Å²) >= 11 is 12.0. The first kappa shape index (κ1) is 25.4. The molecule has 2 aliphatic rings. The third kappa shape index (κ3) is 6.13. The van der Waals surface area contributed by atoms with E-state index in [0.717, 1.165) is 49.8 Å². The normalized spacial score (nSPS) is 17.7. The number of carbonyl (C=O) groups is 1. The highest BCUT2D eigenvalue weighted by molar-refractivity contribution is 6.33. The number of carbonyl (C=O) groups excluding carboxylic acids is 1. The molecule has 2 saturated heterocycles. The predicted octanol–water partition coefficient (Wildman–Crippen LogP) is 4.78. The first-order valence-corrected chi connectivity index (χ1v) is 12.1. The van der Waals surface area contributed by atoms with Gasteiger partial charge in [-0.3, -0.25) is 4.79 Å². The Balaban J connectivity index is 1.29. The van der Waals surface area contributed by atoms with Gasteiger partial charge >= 0.3 is 6.18 Å². The van der Waals surface area contributed by atoms with Crippen LogP contribution in [0, 0.1) is 0 Å². The summed E-state index contributed by atoms with van der Waals surface area (Å²) in [7, 11) is 0. The molecule has 0 bridgehead atoms. The Morgan fingerprint density at radius 1 is 0.914 bits per heavy atom. The van der Waals surface area contributed by atoms with E-state index in [1.54, 1.807) is 15.9 Å². The van der Waals surface area contributed by atoms with Crippen molar-refractivity contribution in [2.45, 2.75) is 13.1 Å². The van der Waals surface area contributed by atoms with Gasteiger partial charge in [0.2, 0.25) is 5.91 Å². The molecule has 2 aliphatic heterocycles. The Hall–Kier alpha value is -2.65. The molecule has 6 nitrogen and oxygen atoms in total. The van der Waals surface area contributed by atoms with Gasteiger partial charge in [0, 0.05) is 81.0 Å². The van der Waals surface area contributed by atoms with Gasteiger partial charge in [0.1, 0.15) is 5.82 Å². The van der Waals surface area contributed by atoms with Crippen LogP contribution in [0.25, 0.3) is 0 Å². The minimum atomic E-state index is -4.49. The average molecular weight is 528 g/mol. The lowest BCUT2D eigenvalue weighted by Crippen LogP contribution is -2.49. The maximum atomic E-state index is 12.9. The molecule has 0 saturated carbocycles. The van der Waals surface area contributed by atoms with Gasteiger partial charge in [-0.25, -0.2) is 4.98 Å². The van der Waals surface area contributed by atoms with Crippen LogP contribution in [0.5, 0.6) is 0 Å². The number of hydrogen-bond acceptors (Lipinski definition) is 5. The molecule has 1 amide bonds. The Kier molecular flexibility index (Phi) is 7.66. The van der Waals surface area contributed by atoms with E-state index in [-0.39, 0.29) is 10.9 Å². The summed E-state index contributed by atoms with van der Waals surface area (Å²) in [4.78, 5) is 24.8. The first-order chi connectivity index (χ1) is 16.6. The van der Waals surface area contributed by atoms with E-state index in [1.807, 2.05) is 31.2 Å². The fraction of sp³-hybridized carbons (Fsp3) is 0.417. The van der Waals surface area contributed by atoms with E-state index in [1.165, 1.54) is 0 Å². The van der Waals surface area contributed by atoms with E-state index in [0.29, 0.717) is 37.0 Å². The van der Waals surface area contributed by atoms with Crippen LogP contribution >= 0.6 is 23.2 Å². The Bertz CT molecular complexity index is 1080. The summed E-state index contributed by atoms with van der Waals surface area (Å²) in [5.41, 5.74) is 1.17. The monoisotopic (exact) mass is 527 g/mol. The molecule has 0 aliphatic carbocycles.